The van der Waals surface area contributed by atoms with Gasteiger partial charge in [0.2, 0.25) is 0 Å². The lowest BCUT2D eigenvalue weighted by Crippen LogP contribution is -2.00. The molecular formula is C53H32N4O. The van der Waals surface area contributed by atoms with Crippen LogP contribution in [0.15, 0.2) is 199 Å². The van der Waals surface area contributed by atoms with Crippen LogP contribution in [0, 0.1) is 0 Å². The van der Waals surface area contributed by atoms with Crippen molar-refractivity contribution in [2.24, 2.45) is 0 Å². The van der Waals surface area contributed by atoms with E-state index in [1.807, 2.05) is 60.7 Å². The summed E-state index contributed by atoms with van der Waals surface area (Å²) in [5.74, 6) is 1.78. The van der Waals surface area contributed by atoms with Crippen molar-refractivity contribution in [1.82, 2.24) is 19.5 Å². The van der Waals surface area contributed by atoms with Gasteiger partial charge in [-0.15, -0.1) is 0 Å². The lowest BCUT2D eigenvalue weighted by molar-refractivity contribution is 0.669. The summed E-state index contributed by atoms with van der Waals surface area (Å²) < 4.78 is 8.83. The lowest BCUT2D eigenvalue weighted by atomic mass is 10.0. The Balaban J connectivity index is 0.948. The van der Waals surface area contributed by atoms with Gasteiger partial charge in [0, 0.05) is 43.7 Å². The molecule has 0 unspecified atom stereocenters. The summed E-state index contributed by atoms with van der Waals surface area (Å²) in [6.07, 6.45) is 0. The van der Waals surface area contributed by atoms with Crippen LogP contribution in [0.5, 0.6) is 0 Å². The molecule has 5 heteroatoms. The second-order valence-electron chi connectivity index (χ2n) is 14.8. The van der Waals surface area contributed by atoms with Crippen molar-refractivity contribution in [3.63, 3.8) is 0 Å². The van der Waals surface area contributed by atoms with Gasteiger partial charge in [-0.25, -0.2) is 15.0 Å². The van der Waals surface area contributed by atoms with Crippen LogP contribution < -0.4 is 0 Å². The maximum absolute atomic E-state index is 6.40. The van der Waals surface area contributed by atoms with E-state index in [0.717, 1.165) is 55.4 Å². The van der Waals surface area contributed by atoms with Crippen molar-refractivity contribution < 1.29 is 4.42 Å². The molecule has 0 bridgehead atoms. The van der Waals surface area contributed by atoms with Crippen molar-refractivity contribution in [2.75, 3.05) is 0 Å². The SMILES string of the molecule is c1ccc(-c2nc(-c3ccc(-c4ccc(-n5c6cc7ccccc7cc6c6ccc7ccccc7c65)cc4)cc3)nc(-c3cccc4c3oc3ccccc34)n2)cc1. The highest BCUT2D eigenvalue weighted by Crippen LogP contribution is 2.40. The summed E-state index contributed by atoms with van der Waals surface area (Å²) in [7, 11) is 0. The van der Waals surface area contributed by atoms with Crippen LogP contribution in [0.3, 0.4) is 0 Å². The van der Waals surface area contributed by atoms with Gasteiger partial charge in [-0.2, -0.15) is 0 Å². The van der Waals surface area contributed by atoms with Gasteiger partial charge in [0.25, 0.3) is 0 Å². The number of fused-ring (bicyclic) bond motifs is 9. The Morgan fingerprint density at radius 3 is 1.72 bits per heavy atom. The molecule has 270 valence electrons. The second kappa shape index (κ2) is 12.8. The third kappa shape index (κ3) is 5.14. The summed E-state index contributed by atoms with van der Waals surface area (Å²) >= 11 is 0. The summed E-state index contributed by atoms with van der Waals surface area (Å²) in [6.45, 7) is 0. The van der Waals surface area contributed by atoms with Crippen LogP contribution in [0.4, 0.5) is 0 Å². The molecule has 0 spiro atoms. The van der Waals surface area contributed by atoms with E-state index < -0.39 is 0 Å². The van der Waals surface area contributed by atoms with Crippen LogP contribution in [-0.2, 0) is 0 Å². The topological polar surface area (TPSA) is 56.7 Å². The normalized spacial score (nSPS) is 11.8. The van der Waals surface area contributed by atoms with Gasteiger partial charge in [-0.05, 0) is 63.7 Å². The lowest BCUT2D eigenvalue weighted by Gasteiger charge is -2.12. The molecule has 5 nitrogen and oxygen atoms in total. The Hall–Kier alpha value is -7.89. The Labute approximate surface area is 333 Å². The van der Waals surface area contributed by atoms with Gasteiger partial charge in [0.1, 0.15) is 11.2 Å². The van der Waals surface area contributed by atoms with E-state index in [9.17, 15) is 0 Å². The Morgan fingerprint density at radius 1 is 0.362 bits per heavy atom. The standard InChI is InChI=1S/C53H32N4O/c1-2-12-36(13-3-1)51-54-52(56-53(55-51)45-19-10-18-44-42-17-8-9-20-48(42)58-50(44)45)37-23-21-33(22-24-37)34-25-28-40(29-26-34)57-47-32-39-15-5-4-14-38(39)31-46(47)43-30-27-35-11-6-7-16-41(35)49(43)57/h1-32H. The van der Waals surface area contributed by atoms with Crippen molar-refractivity contribution >= 4 is 65.3 Å². The van der Waals surface area contributed by atoms with E-state index in [2.05, 4.69) is 138 Å². The van der Waals surface area contributed by atoms with Gasteiger partial charge in [-0.1, -0.05) is 158 Å². The molecule has 0 fully saturated rings. The molecular weight excluding hydrogens is 709 g/mol. The van der Waals surface area contributed by atoms with E-state index in [1.165, 1.54) is 43.4 Å². The first-order chi connectivity index (χ1) is 28.7. The number of rotatable bonds is 5. The smallest absolute Gasteiger partial charge is 0.167 e. The molecule has 12 aromatic rings. The van der Waals surface area contributed by atoms with E-state index in [-0.39, 0.29) is 0 Å². The molecule has 0 radical (unpaired) electrons. The second-order valence-corrected chi connectivity index (χ2v) is 14.8. The molecule has 0 atom stereocenters. The minimum Gasteiger partial charge on any atom is -0.455 e. The molecule has 0 N–H and O–H groups in total. The number of aromatic nitrogens is 4. The predicted octanol–water partition coefficient (Wildman–Crippen LogP) is 13.8. The molecule has 0 saturated carbocycles. The Kier molecular flexibility index (Phi) is 7.16. The highest BCUT2D eigenvalue weighted by molar-refractivity contribution is 6.20. The van der Waals surface area contributed by atoms with Gasteiger partial charge in [0.05, 0.1) is 16.6 Å². The first-order valence-electron chi connectivity index (χ1n) is 19.5. The van der Waals surface area contributed by atoms with Crippen molar-refractivity contribution in [1.29, 1.82) is 0 Å². The minimum atomic E-state index is 0.569. The monoisotopic (exact) mass is 740 g/mol. The maximum atomic E-state index is 6.40. The Bertz CT molecular complexity index is 3550. The summed E-state index contributed by atoms with van der Waals surface area (Å²) in [5.41, 5.74) is 10.0. The first-order valence-corrected chi connectivity index (χ1v) is 19.5. The number of hydrogen-bond donors (Lipinski definition) is 0. The summed E-state index contributed by atoms with van der Waals surface area (Å²) in [4.78, 5) is 15.1. The van der Waals surface area contributed by atoms with Crippen molar-refractivity contribution in [3.8, 4) is 51.0 Å². The maximum Gasteiger partial charge on any atom is 0.167 e. The van der Waals surface area contributed by atoms with Gasteiger partial charge < -0.3 is 8.98 Å². The largest absolute Gasteiger partial charge is 0.455 e. The van der Waals surface area contributed by atoms with Crippen molar-refractivity contribution in [3.05, 3.63) is 194 Å². The molecule has 0 aliphatic rings. The molecule has 0 aliphatic carbocycles. The zero-order chi connectivity index (χ0) is 38.2. The highest BCUT2D eigenvalue weighted by atomic mass is 16.3. The van der Waals surface area contributed by atoms with Crippen LogP contribution in [0.2, 0.25) is 0 Å². The van der Waals surface area contributed by atoms with Gasteiger partial charge in [-0.3, -0.25) is 0 Å². The fraction of sp³-hybridized carbons (Fsp3) is 0. The number of hydrogen-bond acceptors (Lipinski definition) is 4. The fourth-order valence-electron chi connectivity index (χ4n) is 8.61. The van der Waals surface area contributed by atoms with E-state index in [1.54, 1.807) is 0 Å². The first kappa shape index (κ1) is 32.4. The summed E-state index contributed by atoms with van der Waals surface area (Å²) in [5, 5.41) is 9.56. The van der Waals surface area contributed by atoms with E-state index in [0.29, 0.717) is 17.5 Å². The molecule has 58 heavy (non-hydrogen) atoms. The zero-order valence-corrected chi connectivity index (χ0v) is 31.2. The molecule has 0 aliphatic heterocycles. The van der Waals surface area contributed by atoms with E-state index in [4.69, 9.17) is 19.4 Å². The summed E-state index contributed by atoms with van der Waals surface area (Å²) in [6, 6.07) is 68.2. The quantitative estimate of drug-likeness (QED) is 0.176. The average molecular weight is 741 g/mol. The number of benzene rings is 9. The highest BCUT2D eigenvalue weighted by Gasteiger charge is 2.19. The molecule has 0 saturated heterocycles. The Morgan fingerprint density at radius 2 is 0.948 bits per heavy atom. The van der Waals surface area contributed by atoms with Crippen LogP contribution >= 0.6 is 0 Å². The number of nitrogens with zero attached hydrogens (tertiary/aromatic N) is 4. The predicted molar refractivity (Wildman–Crippen MR) is 238 cm³/mol. The molecule has 0 amide bonds. The minimum absolute atomic E-state index is 0.569. The molecule has 9 aromatic carbocycles. The van der Waals surface area contributed by atoms with Gasteiger partial charge in [0.15, 0.2) is 17.5 Å². The number of furan rings is 1. The van der Waals surface area contributed by atoms with Crippen molar-refractivity contribution in [2.45, 2.75) is 0 Å². The third-order valence-electron chi connectivity index (χ3n) is 11.4. The molecule has 3 aromatic heterocycles. The zero-order valence-electron chi connectivity index (χ0n) is 31.2. The molecule has 12 rings (SSSR count). The third-order valence-corrected chi connectivity index (χ3v) is 11.4. The number of para-hydroxylation sites is 2. The average Bonchev–Trinajstić information content (AvgIpc) is 3.84. The fourth-order valence-corrected chi connectivity index (χ4v) is 8.61. The molecule has 3 heterocycles. The van der Waals surface area contributed by atoms with E-state index >= 15 is 0 Å². The van der Waals surface area contributed by atoms with Gasteiger partial charge >= 0.3 is 0 Å². The van der Waals surface area contributed by atoms with Crippen LogP contribution in [0.25, 0.3) is 116 Å². The van der Waals surface area contributed by atoms with Crippen LogP contribution in [0.1, 0.15) is 0 Å². The van der Waals surface area contributed by atoms with Crippen LogP contribution in [-0.4, -0.2) is 19.5 Å².